The molecule has 118 valence electrons. The third kappa shape index (κ3) is 6.87. The van der Waals surface area contributed by atoms with Crippen LogP contribution in [0.4, 0.5) is 18.9 Å². The Hall–Kier alpha value is -1.92. The number of carbonyl (C=O) groups is 1. The van der Waals surface area contributed by atoms with Gasteiger partial charge in [-0.2, -0.15) is 13.2 Å². The summed E-state index contributed by atoms with van der Waals surface area (Å²) in [5.74, 6) is 0.106. The van der Waals surface area contributed by atoms with Crippen molar-refractivity contribution in [2.45, 2.75) is 32.4 Å². The number of hydrogen-bond acceptors (Lipinski definition) is 3. The van der Waals surface area contributed by atoms with Crippen LogP contribution in [-0.4, -0.2) is 25.2 Å². The molecule has 0 fully saturated rings. The summed E-state index contributed by atoms with van der Waals surface area (Å²) in [5.41, 5.74) is 6.39. The van der Waals surface area contributed by atoms with E-state index in [1.807, 2.05) is 6.92 Å². The first kappa shape index (κ1) is 17.1. The van der Waals surface area contributed by atoms with Crippen molar-refractivity contribution in [1.29, 1.82) is 0 Å². The third-order valence-electron chi connectivity index (χ3n) is 2.67. The summed E-state index contributed by atoms with van der Waals surface area (Å²) in [4.78, 5) is 11.9. The summed E-state index contributed by atoms with van der Waals surface area (Å²) in [6, 6.07) is 4.64. The number of amides is 1. The lowest BCUT2D eigenvalue weighted by atomic mass is 10.1. The molecule has 0 aliphatic carbocycles. The smallest absolute Gasteiger partial charge is 0.389 e. The molecule has 4 nitrogen and oxygen atoms in total. The van der Waals surface area contributed by atoms with Crippen LogP contribution in [0.25, 0.3) is 0 Å². The van der Waals surface area contributed by atoms with E-state index in [0.29, 0.717) is 23.6 Å². The minimum absolute atomic E-state index is 0.00902. The van der Waals surface area contributed by atoms with Gasteiger partial charge in [-0.05, 0) is 31.9 Å². The van der Waals surface area contributed by atoms with Gasteiger partial charge >= 0.3 is 6.18 Å². The number of alkyl halides is 3. The molecule has 0 aliphatic heterocycles. The van der Waals surface area contributed by atoms with Crippen molar-refractivity contribution in [3.05, 3.63) is 23.8 Å². The Bertz CT molecular complexity index is 476. The quantitative estimate of drug-likeness (QED) is 0.601. The van der Waals surface area contributed by atoms with Crippen LogP contribution >= 0.6 is 0 Å². The third-order valence-corrected chi connectivity index (χ3v) is 2.67. The summed E-state index contributed by atoms with van der Waals surface area (Å²) in [6.45, 7) is 2.44. The maximum absolute atomic E-state index is 12.0. The van der Waals surface area contributed by atoms with Crippen molar-refractivity contribution in [3.8, 4) is 5.75 Å². The van der Waals surface area contributed by atoms with Crippen LogP contribution in [0.3, 0.4) is 0 Å². The monoisotopic (exact) mass is 304 g/mol. The normalized spacial score (nSPS) is 11.2. The number of nitrogens with one attached hydrogen (secondary N) is 1. The Balaban J connectivity index is 2.45. The zero-order chi connectivity index (χ0) is 15.9. The van der Waals surface area contributed by atoms with E-state index in [2.05, 4.69) is 5.32 Å². The molecule has 1 aromatic carbocycles. The second-order valence-electron chi connectivity index (χ2n) is 4.55. The van der Waals surface area contributed by atoms with Gasteiger partial charge in [0.15, 0.2) is 0 Å². The zero-order valence-electron chi connectivity index (χ0n) is 11.8. The van der Waals surface area contributed by atoms with Gasteiger partial charge in [0, 0.05) is 30.3 Å². The zero-order valence-corrected chi connectivity index (χ0v) is 11.8. The van der Waals surface area contributed by atoms with Gasteiger partial charge in [0.05, 0.1) is 6.61 Å². The van der Waals surface area contributed by atoms with Gasteiger partial charge < -0.3 is 15.8 Å². The molecule has 0 spiro atoms. The van der Waals surface area contributed by atoms with Crippen molar-refractivity contribution in [1.82, 2.24) is 5.32 Å². The fourth-order valence-corrected chi connectivity index (χ4v) is 1.76. The van der Waals surface area contributed by atoms with Gasteiger partial charge in [-0.1, -0.05) is 0 Å². The fraction of sp³-hybridized carbons (Fsp3) is 0.500. The fourth-order valence-electron chi connectivity index (χ4n) is 1.76. The summed E-state index contributed by atoms with van der Waals surface area (Å²) >= 11 is 0. The van der Waals surface area contributed by atoms with Crippen LogP contribution in [0.1, 0.15) is 36.5 Å². The number of nitrogen functional groups attached to an aromatic ring is 1. The first-order chi connectivity index (χ1) is 9.81. The van der Waals surface area contributed by atoms with Crippen LogP contribution in [-0.2, 0) is 0 Å². The van der Waals surface area contributed by atoms with Gasteiger partial charge in [-0.3, -0.25) is 4.79 Å². The van der Waals surface area contributed by atoms with E-state index in [1.165, 1.54) is 6.07 Å². The number of hydrogen-bond donors (Lipinski definition) is 2. The molecule has 1 aromatic rings. The average Bonchev–Trinajstić information content (AvgIpc) is 2.36. The van der Waals surface area contributed by atoms with Crippen LogP contribution in [0.5, 0.6) is 5.75 Å². The first-order valence-corrected chi connectivity index (χ1v) is 6.70. The number of rotatable bonds is 7. The molecule has 0 bridgehead atoms. The van der Waals surface area contributed by atoms with Crippen LogP contribution in [0.15, 0.2) is 18.2 Å². The molecule has 21 heavy (non-hydrogen) atoms. The van der Waals surface area contributed by atoms with Gasteiger partial charge in [0.2, 0.25) is 0 Å². The maximum atomic E-state index is 12.0. The summed E-state index contributed by atoms with van der Waals surface area (Å²) < 4.78 is 41.1. The summed E-state index contributed by atoms with van der Waals surface area (Å²) in [6.07, 6.45) is -4.73. The molecule has 0 radical (unpaired) electrons. The molecule has 1 amide bonds. The highest BCUT2D eigenvalue weighted by molar-refractivity contribution is 5.95. The molecule has 0 heterocycles. The van der Waals surface area contributed by atoms with Crippen molar-refractivity contribution in [2.24, 2.45) is 0 Å². The number of ether oxygens (including phenoxy) is 1. The van der Waals surface area contributed by atoms with E-state index < -0.39 is 12.6 Å². The van der Waals surface area contributed by atoms with Gasteiger partial charge in [0.25, 0.3) is 5.91 Å². The van der Waals surface area contributed by atoms with E-state index in [1.54, 1.807) is 12.1 Å². The molecule has 1 rings (SSSR count). The van der Waals surface area contributed by atoms with Gasteiger partial charge in [-0.25, -0.2) is 0 Å². The largest absolute Gasteiger partial charge is 0.494 e. The van der Waals surface area contributed by atoms with Crippen molar-refractivity contribution < 1.29 is 22.7 Å². The van der Waals surface area contributed by atoms with E-state index in [-0.39, 0.29) is 25.3 Å². The molecule has 7 heteroatoms. The van der Waals surface area contributed by atoms with Crippen LogP contribution in [0.2, 0.25) is 0 Å². The highest BCUT2D eigenvalue weighted by atomic mass is 19.4. The Morgan fingerprint density at radius 1 is 1.29 bits per heavy atom. The van der Waals surface area contributed by atoms with Crippen LogP contribution < -0.4 is 15.8 Å². The second-order valence-corrected chi connectivity index (χ2v) is 4.55. The predicted octanol–water partition coefficient (Wildman–Crippen LogP) is 3.13. The molecular weight excluding hydrogens is 285 g/mol. The highest BCUT2D eigenvalue weighted by Crippen LogP contribution is 2.22. The van der Waals surface area contributed by atoms with E-state index in [4.69, 9.17) is 10.5 Å². The average molecular weight is 304 g/mol. The van der Waals surface area contributed by atoms with Crippen molar-refractivity contribution in [3.63, 3.8) is 0 Å². The lowest BCUT2D eigenvalue weighted by molar-refractivity contribution is -0.135. The number of unbranched alkanes of at least 4 members (excludes halogenated alkanes) is 1. The van der Waals surface area contributed by atoms with Gasteiger partial charge in [-0.15, -0.1) is 0 Å². The molecule has 0 atom stereocenters. The van der Waals surface area contributed by atoms with Crippen molar-refractivity contribution in [2.75, 3.05) is 18.9 Å². The topological polar surface area (TPSA) is 64.3 Å². The Kier molecular flexibility index (Phi) is 6.33. The van der Waals surface area contributed by atoms with E-state index >= 15 is 0 Å². The lowest BCUT2D eigenvalue weighted by Gasteiger charge is -2.09. The van der Waals surface area contributed by atoms with Crippen molar-refractivity contribution >= 4 is 11.6 Å². The number of anilines is 1. The molecule has 0 unspecified atom stereocenters. The number of nitrogens with two attached hydrogens (primary N) is 1. The standard InChI is InChI=1S/C14H19F3N2O2/c1-2-21-12-8-10(7-11(18)9-12)13(20)19-6-4-3-5-14(15,16)17/h7-9H,2-6,18H2,1H3,(H,19,20). The van der Waals surface area contributed by atoms with Gasteiger partial charge in [0.1, 0.15) is 5.75 Å². The molecule has 3 N–H and O–H groups in total. The molecule has 0 aliphatic rings. The Morgan fingerprint density at radius 2 is 2.00 bits per heavy atom. The number of benzene rings is 1. The predicted molar refractivity (Wildman–Crippen MR) is 74.3 cm³/mol. The number of carbonyl (C=O) groups excluding carboxylic acids is 1. The molecule has 0 saturated heterocycles. The highest BCUT2D eigenvalue weighted by Gasteiger charge is 2.25. The SMILES string of the molecule is CCOc1cc(N)cc(C(=O)NCCCCC(F)(F)F)c1. The van der Waals surface area contributed by atoms with Crippen LogP contribution in [0, 0.1) is 0 Å². The summed E-state index contributed by atoms with van der Waals surface area (Å²) in [7, 11) is 0. The minimum Gasteiger partial charge on any atom is -0.494 e. The molecule has 0 aromatic heterocycles. The lowest BCUT2D eigenvalue weighted by Crippen LogP contribution is -2.24. The molecule has 0 saturated carbocycles. The molecular formula is C14H19F3N2O2. The first-order valence-electron chi connectivity index (χ1n) is 6.70. The Labute approximate surface area is 121 Å². The minimum atomic E-state index is -4.15. The Morgan fingerprint density at radius 3 is 2.62 bits per heavy atom. The van der Waals surface area contributed by atoms with E-state index in [9.17, 15) is 18.0 Å². The van der Waals surface area contributed by atoms with E-state index in [0.717, 1.165) is 0 Å². The number of halogens is 3. The second kappa shape index (κ2) is 7.75. The summed E-state index contributed by atoms with van der Waals surface area (Å²) in [5, 5.41) is 2.56. The maximum Gasteiger partial charge on any atom is 0.389 e.